The van der Waals surface area contributed by atoms with Gasteiger partial charge in [-0.25, -0.2) is 14.4 Å². The maximum atomic E-state index is 14.5. The average Bonchev–Trinajstić information content (AvgIpc) is 3.37. The molecule has 0 aliphatic carbocycles. The van der Waals surface area contributed by atoms with Gasteiger partial charge in [0.25, 0.3) is 0 Å². The molecule has 0 aliphatic heterocycles. The molecule has 1 unspecified atom stereocenters. The lowest BCUT2D eigenvalue weighted by Crippen LogP contribution is -2.32. The van der Waals surface area contributed by atoms with E-state index in [2.05, 4.69) is 9.97 Å². The highest BCUT2D eigenvalue weighted by Gasteiger charge is 2.45. The lowest BCUT2D eigenvalue weighted by Gasteiger charge is -2.24. The van der Waals surface area contributed by atoms with Gasteiger partial charge in [0.1, 0.15) is 22.9 Å². The molecular weight excluding hydrogens is 582 g/mol. The number of carboxylic acids is 1. The molecule has 0 fully saturated rings. The quantitative estimate of drug-likeness (QED) is 0.179. The number of alkyl halides is 3. The standard InChI is InChI=1S/C29H20ClF4N3O3S/c30-18-7-10-20(21(12-18)16-5-8-19(31)9-6-16)26(29(32,33)34)40-27-25-24(36-14-37-27)22(13-41-25)17-3-1-15(2-4-17)11-23(35)28(38)39/h1-10,12-14,23,26H,11,35H2,(H,38,39)/t23-,26?/m0/s1. The van der Waals surface area contributed by atoms with Crippen molar-refractivity contribution in [3.8, 4) is 28.1 Å². The first kappa shape index (κ1) is 28.5. The van der Waals surface area contributed by atoms with E-state index < -0.39 is 30.1 Å². The van der Waals surface area contributed by atoms with Gasteiger partial charge in [-0.3, -0.25) is 4.79 Å². The zero-order chi connectivity index (χ0) is 29.3. The molecule has 0 saturated carbocycles. The van der Waals surface area contributed by atoms with E-state index in [0.29, 0.717) is 21.3 Å². The fourth-order valence-corrected chi connectivity index (χ4v) is 5.47. The van der Waals surface area contributed by atoms with Gasteiger partial charge in [-0.1, -0.05) is 54.1 Å². The van der Waals surface area contributed by atoms with Gasteiger partial charge in [0.15, 0.2) is 0 Å². The number of nitrogens with two attached hydrogens (primary N) is 1. The highest BCUT2D eigenvalue weighted by atomic mass is 35.5. The van der Waals surface area contributed by atoms with E-state index in [9.17, 15) is 22.4 Å². The van der Waals surface area contributed by atoms with Gasteiger partial charge in [0, 0.05) is 21.5 Å². The predicted molar refractivity (Wildman–Crippen MR) is 148 cm³/mol. The van der Waals surface area contributed by atoms with Crippen LogP contribution in [0.1, 0.15) is 17.2 Å². The molecule has 0 saturated heterocycles. The molecule has 2 heterocycles. The van der Waals surface area contributed by atoms with Crippen molar-refractivity contribution in [2.24, 2.45) is 5.73 Å². The van der Waals surface area contributed by atoms with Crippen molar-refractivity contribution in [3.63, 3.8) is 0 Å². The van der Waals surface area contributed by atoms with Crippen LogP contribution in [0.2, 0.25) is 5.02 Å². The molecule has 5 aromatic rings. The van der Waals surface area contributed by atoms with E-state index in [4.69, 9.17) is 27.2 Å². The van der Waals surface area contributed by atoms with Crippen LogP contribution in [0.4, 0.5) is 17.6 Å². The van der Waals surface area contributed by atoms with E-state index >= 15 is 0 Å². The number of rotatable bonds is 8. The minimum atomic E-state index is -4.84. The molecule has 6 nitrogen and oxygen atoms in total. The van der Waals surface area contributed by atoms with Gasteiger partial charge in [-0.05, 0) is 52.9 Å². The summed E-state index contributed by atoms with van der Waals surface area (Å²) in [6.07, 6.45) is -5.98. The third-order valence-corrected chi connectivity index (χ3v) is 7.53. The zero-order valence-electron chi connectivity index (χ0n) is 20.9. The maximum absolute atomic E-state index is 14.5. The van der Waals surface area contributed by atoms with Gasteiger partial charge in [-0.15, -0.1) is 11.3 Å². The summed E-state index contributed by atoms with van der Waals surface area (Å²) in [5.74, 6) is -1.89. The summed E-state index contributed by atoms with van der Waals surface area (Å²) in [6.45, 7) is 0. The van der Waals surface area contributed by atoms with Gasteiger partial charge in [0.05, 0.1) is 5.52 Å². The first-order chi connectivity index (χ1) is 19.5. The molecule has 2 aromatic heterocycles. The summed E-state index contributed by atoms with van der Waals surface area (Å²) in [5.41, 5.74) is 8.34. The fraction of sp³-hybridized carbons (Fsp3) is 0.138. The predicted octanol–water partition coefficient (Wildman–Crippen LogP) is 7.45. The van der Waals surface area contributed by atoms with Crippen LogP contribution < -0.4 is 10.5 Å². The number of aliphatic carboxylic acids is 1. The van der Waals surface area contributed by atoms with Crippen molar-refractivity contribution in [3.05, 3.63) is 100 Å². The van der Waals surface area contributed by atoms with Crippen molar-refractivity contribution < 1.29 is 32.2 Å². The number of carboxylic acid groups (broad SMARTS) is 1. The Morgan fingerprint density at radius 3 is 2.32 bits per heavy atom. The Balaban J connectivity index is 1.51. The van der Waals surface area contributed by atoms with Crippen LogP contribution in [0.3, 0.4) is 0 Å². The summed E-state index contributed by atoms with van der Waals surface area (Å²) in [6, 6.07) is 14.9. The summed E-state index contributed by atoms with van der Waals surface area (Å²) in [7, 11) is 0. The number of carbonyl (C=O) groups is 1. The third kappa shape index (κ3) is 6.17. The van der Waals surface area contributed by atoms with Gasteiger partial charge in [-0.2, -0.15) is 13.2 Å². The molecule has 5 rings (SSSR count). The number of ether oxygens (including phenoxy) is 1. The second-order valence-electron chi connectivity index (χ2n) is 9.13. The van der Waals surface area contributed by atoms with E-state index in [1.165, 1.54) is 30.3 Å². The molecular formula is C29H20ClF4N3O3S. The first-order valence-corrected chi connectivity index (χ1v) is 13.4. The SMILES string of the molecule is N[C@@H](Cc1ccc(-c2csc3c(OC(c4ccc(Cl)cc4-c4ccc(F)cc4)C(F)(F)F)ncnc23)cc1)C(=O)O. The third-order valence-electron chi connectivity index (χ3n) is 6.34. The zero-order valence-corrected chi connectivity index (χ0v) is 22.5. The number of nitrogens with zero attached hydrogens (tertiary/aromatic N) is 2. The van der Waals surface area contributed by atoms with Gasteiger partial charge >= 0.3 is 12.1 Å². The Morgan fingerprint density at radius 1 is 1.00 bits per heavy atom. The van der Waals surface area contributed by atoms with Crippen LogP contribution in [0.5, 0.6) is 5.88 Å². The second-order valence-corrected chi connectivity index (χ2v) is 10.4. The molecule has 0 amide bonds. The van der Waals surface area contributed by atoms with E-state index in [1.54, 1.807) is 29.6 Å². The van der Waals surface area contributed by atoms with Crippen LogP contribution in [0.15, 0.2) is 78.4 Å². The van der Waals surface area contributed by atoms with Crippen molar-refractivity contribution in [1.82, 2.24) is 9.97 Å². The summed E-state index contributed by atoms with van der Waals surface area (Å²) in [4.78, 5) is 19.3. The molecule has 0 radical (unpaired) electrons. The summed E-state index contributed by atoms with van der Waals surface area (Å²) >= 11 is 7.25. The number of thiophene rings is 1. The molecule has 210 valence electrons. The first-order valence-electron chi connectivity index (χ1n) is 12.1. The number of fused-ring (bicyclic) bond motifs is 1. The minimum Gasteiger partial charge on any atom is -0.480 e. The minimum absolute atomic E-state index is 0.139. The second kappa shape index (κ2) is 11.4. The lowest BCUT2D eigenvalue weighted by molar-refractivity contribution is -0.198. The Labute approximate surface area is 240 Å². The number of hydrogen-bond acceptors (Lipinski definition) is 6. The van der Waals surface area contributed by atoms with Gasteiger partial charge in [0.2, 0.25) is 12.0 Å². The van der Waals surface area contributed by atoms with Crippen molar-refractivity contribution in [1.29, 1.82) is 0 Å². The highest BCUT2D eigenvalue weighted by Crippen LogP contribution is 2.44. The summed E-state index contributed by atoms with van der Waals surface area (Å²) in [5, 5.41) is 11.0. The smallest absolute Gasteiger partial charge is 0.429 e. The van der Waals surface area contributed by atoms with Crippen LogP contribution in [0, 0.1) is 5.82 Å². The van der Waals surface area contributed by atoms with Crippen LogP contribution in [-0.2, 0) is 11.2 Å². The number of hydrogen-bond donors (Lipinski definition) is 2. The summed E-state index contributed by atoms with van der Waals surface area (Å²) < 4.78 is 62.9. The van der Waals surface area contributed by atoms with Crippen molar-refractivity contribution in [2.45, 2.75) is 24.7 Å². The van der Waals surface area contributed by atoms with Gasteiger partial charge < -0.3 is 15.6 Å². The Bertz CT molecular complexity index is 1710. The molecule has 41 heavy (non-hydrogen) atoms. The van der Waals surface area contributed by atoms with E-state index in [1.807, 2.05) is 0 Å². The number of halogens is 5. The number of benzene rings is 3. The van der Waals surface area contributed by atoms with Crippen LogP contribution >= 0.6 is 22.9 Å². The molecule has 3 aromatic carbocycles. The largest absolute Gasteiger partial charge is 0.480 e. The molecule has 0 bridgehead atoms. The molecule has 2 atom stereocenters. The highest BCUT2D eigenvalue weighted by molar-refractivity contribution is 7.18. The monoisotopic (exact) mass is 601 g/mol. The normalized spacial score (nSPS) is 13.2. The molecule has 3 N–H and O–H groups in total. The molecule has 0 aliphatic rings. The molecule has 0 spiro atoms. The Kier molecular flexibility index (Phi) is 7.94. The number of aromatic nitrogens is 2. The van der Waals surface area contributed by atoms with Crippen LogP contribution in [-0.4, -0.2) is 33.3 Å². The van der Waals surface area contributed by atoms with E-state index in [-0.39, 0.29) is 28.5 Å². The molecule has 12 heteroatoms. The van der Waals surface area contributed by atoms with Crippen molar-refractivity contribution in [2.75, 3.05) is 0 Å². The average molecular weight is 602 g/mol. The van der Waals surface area contributed by atoms with Crippen molar-refractivity contribution >= 4 is 39.1 Å². The Morgan fingerprint density at radius 2 is 1.66 bits per heavy atom. The fourth-order valence-electron chi connectivity index (χ4n) is 4.33. The maximum Gasteiger partial charge on any atom is 0.429 e. The van der Waals surface area contributed by atoms with E-state index in [0.717, 1.165) is 40.9 Å². The Hall–Kier alpha value is -4.06. The van der Waals surface area contributed by atoms with Crippen LogP contribution in [0.25, 0.3) is 32.5 Å². The lowest BCUT2D eigenvalue weighted by atomic mass is 9.95. The topological polar surface area (TPSA) is 98.3 Å².